The number of ketones is 1. The predicted octanol–water partition coefficient (Wildman–Crippen LogP) is 3.54. The standard InChI is InChI=1S/C15H10FNO/c16-11-6-7-14-12(8-11)13(9-17-14)15(18)10-4-2-1-3-5-10/h1-9,17H. The van der Waals surface area contributed by atoms with E-state index in [9.17, 15) is 9.18 Å². The first-order valence-corrected chi connectivity index (χ1v) is 5.62. The number of carbonyl (C=O) groups excluding carboxylic acids is 1. The van der Waals surface area contributed by atoms with Crippen molar-refractivity contribution in [3.8, 4) is 0 Å². The second-order valence-corrected chi connectivity index (χ2v) is 4.09. The minimum Gasteiger partial charge on any atom is -0.360 e. The van der Waals surface area contributed by atoms with Crippen molar-refractivity contribution in [3.05, 3.63) is 71.7 Å². The van der Waals surface area contributed by atoms with E-state index >= 15 is 0 Å². The molecule has 0 aliphatic carbocycles. The highest BCUT2D eigenvalue weighted by Gasteiger charge is 2.14. The van der Waals surface area contributed by atoms with Crippen LogP contribution < -0.4 is 0 Å². The van der Waals surface area contributed by atoms with Gasteiger partial charge in [0.15, 0.2) is 5.78 Å². The van der Waals surface area contributed by atoms with Crippen LogP contribution in [0.15, 0.2) is 54.7 Å². The van der Waals surface area contributed by atoms with E-state index in [0.717, 1.165) is 5.52 Å². The lowest BCUT2D eigenvalue weighted by atomic mass is 10.0. The van der Waals surface area contributed by atoms with Gasteiger partial charge in [-0.15, -0.1) is 0 Å². The molecule has 3 heteroatoms. The van der Waals surface area contributed by atoms with Crippen molar-refractivity contribution in [1.82, 2.24) is 4.98 Å². The average Bonchev–Trinajstić information content (AvgIpc) is 2.82. The van der Waals surface area contributed by atoms with Crippen LogP contribution in [0.3, 0.4) is 0 Å². The number of fused-ring (bicyclic) bond motifs is 1. The maximum absolute atomic E-state index is 13.2. The SMILES string of the molecule is O=C(c1ccccc1)c1c[nH]c2ccc(F)cc12. The van der Waals surface area contributed by atoms with E-state index in [4.69, 9.17) is 0 Å². The number of carbonyl (C=O) groups is 1. The van der Waals surface area contributed by atoms with Gasteiger partial charge in [0.2, 0.25) is 0 Å². The molecule has 0 unspecified atom stereocenters. The van der Waals surface area contributed by atoms with Crippen LogP contribution in [-0.4, -0.2) is 10.8 Å². The molecule has 2 aromatic carbocycles. The Hall–Kier alpha value is -2.42. The normalized spacial score (nSPS) is 10.7. The summed E-state index contributed by atoms with van der Waals surface area (Å²) in [6.07, 6.45) is 1.62. The molecule has 0 fully saturated rings. The van der Waals surface area contributed by atoms with Crippen molar-refractivity contribution in [3.63, 3.8) is 0 Å². The molecule has 1 aromatic heterocycles. The van der Waals surface area contributed by atoms with Gasteiger partial charge in [-0.1, -0.05) is 30.3 Å². The molecule has 0 spiro atoms. The van der Waals surface area contributed by atoms with Crippen LogP contribution in [0.4, 0.5) is 4.39 Å². The summed E-state index contributed by atoms with van der Waals surface area (Å²) < 4.78 is 13.2. The predicted molar refractivity (Wildman–Crippen MR) is 68.1 cm³/mol. The summed E-state index contributed by atoms with van der Waals surface area (Å²) in [4.78, 5) is 15.3. The molecule has 3 rings (SSSR count). The van der Waals surface area contributed by atoms with Crippen molar-refractivity contribution in [2.45, 2.75) is 0 Å². The first-order chi connectivity index (χ1) is 8.75. The number of aromatic amines is 1. The van der Waals surface area contributed by atoms with E-state index in [2.05, 4.69) is 4.98 Å². The van der Waals surface area contributed by atoms with E-state index in [0.29, 0.717) is 16.5 Å². The van der Waals surface area contributed by atoms with Gasteiger partial charge in [0.05, 0.1) is 0 Å². The Morgan fingerprint density at radius 3 is 2.61 bits per heavy atom. The molecule has 1 heterocycles. The van der Waals surface area contributed by atoms with E-state index in [-0.39, 0.29) is 11.6 Å². The molecule has 18 heavy (non-hydrogen) atoms. The molecule has 0 saturated heterocycles. The van der Waals surface area contributed by atoms with E-state index in [1.165, 1.54) is 12.1 Å². The van der Waals surface area contributed by atoms with Crippen LogP contribution in [0.1, 0.15) is 15.9 Å². The topological polar surface area (TPSA) is 32.9 Å². The Bertz CT molecular complexity index is 716. The minimum absolute atomic E-state index is 0.104. The van der Waals surface area contributed by atoms with Crippen LogP contribution in [0, 0.1) is 5.82 Å². The number of halogens is 1. The molecular formula is C15H10FNO. The van der Waals surface area contributed by atoms with Crippen molar-refractivity contribution in [1.29, 1.82) is 0 Å². The number of hydrogen-bond acceptors (Lipinski definition) is 1. The Balaban J connectivity index is 2.15. The van der Waals surface area contributed by atoms with Gasteiger partial charge in [0, 0.05) is 28.2 Å². The molecule has 0 saturated carbocycles. The quantitative estimate of drug-likeness (QED) is 0.682. The molecule has 0 bridgehead atoms. The number of aromatic nitrogens is 1. The van der Waals surface area contributed by atoms with Crippen LogP contribution in [0.2, 0.25) is 0 Å². The Morgan fingerprint density at radius 2 is 1.83 bits per heavy atom. The highest BCUT2D eigenvalue weighted by Crippen LogP contribution is 2.22. The van der Waals surface area contributed by atoms with Gasteiger partial charge < -0.3 is 4.98 Å². The number of hydrogen-bond donors (Lipinski definition) is 1. The summed E-state index contributed by atoms with van der Waals surface area (Å²) in [5, 5.41) is 0.615. The molecule has 3 aromatic rings. The van der Waals surface area contributed by atoms with Gasteiger partial charge in [0.25, 0.3) is 0 Å². The van der Waals surface area contributed by atoms with Crippen LogP contribution in [0.25, 0.3) is 10.9 Å². The summed E-state index contributed by atoms with van der Waals surface area (Å²) in [6.45, 7) is 0. The van der Waals surface area contributed by atoms with E-state index < -0.39 is 0 Å². The molecular weight excluding hydrogens is 229 g/mol. The van der Waals surface area contributed by atoms with Crippen molar-refractivity contribution in [2.24, 2.45) is 0 Å². The Labute approximate surface area is 103 Å². The fraction of sp³-hybridized carbons (Fsp3) is 0. The third kappa shape index (κ3) is 1.70. The highest BCUT2D eigenvalue weighted by molar-refractivity contribution is 6.16. The summed E-state index contributed by atoms with van der Waals surface area (Å²) in [5.41, 5.74) is 1.86. The minimum atomic E-state index is -0.343. The maximum Gasteiger partial charge on any atom is 0.195 e. The second-order valence-electron chi connectivity index (χ2n) is 4.09. The molecule has 0 amide bonds. The second kappa shape index (κ2) is 4.11. The summed E-state index contributed by atoms with van der Waals surface area (Å²) >= 11 is 0. The number of benzene rings is 2. The van der Waals surface area contributed by atoms with Crippen LogP contribution in [-0.2, 0) is 0 Å². The highest BCUT2D eigenvalue weighted by atomic mass is 19.1. The molecule has 0 radical (unpaired) electrons. The fourth-order valence-electron chi connectivity index (χ4n) is 2.03. The Kier molecular flexibility index (Phi) is 2.45. The number of nitrogens with one attached hydrogen (secondary N) is 1. The summed E-state index contributed by atoms with van der Waals surface area (Å²) in [6, 6.07) is 13.3. The number of H-pyrrole nitrogens is 1. The Morgan fingerprint density at radius 1 is 1.06 bits per heavy atom. The van der Waals surface area contributed by atoms with Gasteiger partial charge in [0.1, 0.15) is 5.82 Å². The average molecular weight is 239 g/mol. The lowest BCUT2D eigenvalue weighted by Gasteiger charge is -1.99. The fourth-order valence-corrected chi connectivity index (χ4v) is 2.03. The molecule has 88 valence electrons. The zero-order valence-corrected chi connectivity index (χ0v) is 9.48. The molecule has 2 nitrogen and oxygen atoms in total. The van der Waals surface area contributed by atoms with Gasteiger partial charge in [-0.3, -0.25) is 4.79 Å². The smallest absolute Gasteiger partial charge is 0.195 e. The van der Waals surface area contributed by atoms with Crippen molar-refractivity contribution >= 4 is 16.7 Å². The molecule has 0 atom stereocenters. The van der Waals surface area contributed by atoms with Crippen LogP contribution in [0.5, 0.6) is 0 Å². The molecule has 0 aliphatic heterocycles. The monoisotopic (exact) mass is 239 g/mol. The third-order valence-corrected chi connectivity index (χ3v) is 2.92. The van der Waals surface area contributed by atoms with Gasteiger partial charge >= 0.3 is 0 Å². The van der Waals surface area contributed by atoms with E-state index in [1.54, 1.807) is 24.4 Å². The summed E-state index contributed by atoms with van der Waals surface area (Å²) in [7, 11) is 0. The zero-order valence-electron chi connectivity index (χ0n) is 9.48. The first kappa shape index (κ1) is 10.7. The van der Waals surface area contributed by atoms with E-state index in [1.807, 2.05) is 18.2 Å². The van der Waals surface area contributed by atoms with Gasteiger partial charge in [-0.2, -0.15) is 0 Å². The largest absolute Gasteiger partial charge is 0.360 e. The first-order valence-electron chi connectivity index (χ1n) is 5.62. The zero-order chi connectivity index (χ0) is 12.5. The van der Waals surface area contributed by atoms with Crippen molar-refractivity contribution in [2.75, 3.05) is 0 Å². The molecule has 1 N–H and O–H groups in total. The lowest BCUT2D eigenvalue weighted by molar-refractivity contribution is 0.104. The van der Waals surface area contributed by atoms with Gasteiger partial charge in [-0.05, 0) is 18.2 Å². The van der Waals surface area contributed by atoms with Crippen molar-refractivity contribution < 1.29 is 9.18 Å². The maximum atomic E-state index is 13.2. The summed E-state index contributed by atoms with van der Waals surface area (Å²) in [5.74, 6) is -0.448. The van der Waals surface area contributed by atoms with Gasteiger partial charge in [-0.25, -0.2) is 4.39 Å². The van der Waals surface area contributed by atoms with Crippen LogP contribution >= 0.6 is 0 Å². The lowest BCUT2D eigenvalue weighted by Crippen LogP contribution is -1.99. The molecule has 0 aliphatic rings. The number of rotatable bonds is 2. The third-order valence-electron chi connectivity index (χ3n) is 2.92.